The smallest absolute Gasteiger partial charge is 0.233 e. The van der Waals surface area contributed by atoms with Crippen molar-refractivity contribution in [3.8, 4) is 5.69 Å². The molecular formula is C26H26N4OS. The molecule has 0 unspecified atom stereocenters. The zero-order valence-electron chi connectivity index (χ0n) is 18.1. The molecule has 0 N–H and O–H groups in total. The fourth-order valence-corrected chi connectivity index (χ4v) is 4.37. The number of thioether (sulfide) groups is 1. The van der Waals surface area contributed by atoms with Crippen molar-refractivity contribution in [3.05, 3.63) is 108 Å². The van der Waals surface area contributed by atoms with Crippen molar-refractivity contribution in [1.82, 2.24) is 19.7 Å². The number of hydrogen-bond acceptors (Lipinski definition) is 4. The van der Waals surface area contributed by atoms with Crippen molar-refractivity contribution in [1.29, 1.82) is 0 Å². The molecule has 1 amide bonds. The summed E-state index contributed by atoms with van der Waals surface area (Å²) in [4.78, 5) is 15.2. The molecule has 0 atom stereocenters. The molecule has 0 spiro atoms. The predicted molar refractivity (Wildman–Crippen MR) is 129 cm³/mol. The Morgan fingerprint density at radius 1 is 0.906 bits per heavy atom. The molecule has 4 aromatic rings. The zero-order chi connectivity index (χ0) is 22.2. The summed E-state index contributed by atoms with van der Waals surface area (Å²) in [6, 6.07) is 28.5. The van der Waals surface area contributed by atoms with Crippen LogP contribution in [-0.4, -0.2) is 37.9 Å². The van der Waals surface area contributed by atoms with Crippen LogP contribution in [0, 0.1) is 6.92 Å². The van der Waals surface area contributed by atoms with E-state index in [0.717, 1.165) is 28.4 Å². The third kappa shape index (κ3) is 5.65. The second-order valence-corrected chi connectivity index (χ2v) is 8.54. The lowest BCUT2D eigenvalue weighted by Gasteiger charge is -2.23. The van der Waals surface area contributed by atoms with Gasteiger partial charge >= 0.3 is 0 Å². The molecule has 6 heteroatoms. The summed E-state index contributed by atoms with van der Waals surface area (Å²) in [6.45, 7) is 3.32. The maximum Gasteiger partial charge on any atom is 0.233 e. The number of rotatable bonds is 9. The highest BCUT2D eigenvalue weighted by atomic mass is 32.2. The van der Waals surface area contributed by atoms with Gasteiger partial charge in [-0.1, -0.05) is 90.6 Å². The molecule has 1 aromatic heterocycles. The highest BCUT2D eigenvalue weighted by molar-refractivity contribution is 7.99. The van der Waals surface area contributed by atoms with Crippen molar-refractivity contribution in [2.75, 3.05) is 12.3 Å². The quantitative estimate of drug-likeness (QED) is 0.345. The zero-order valence-corrected chi connectivity index (χ0v) is 18.9. The summed E-state index contributed by atoms with van der Waals surface area (Å²) in [5, 5.41) is 9.04. The van der Waals surface area contributed by atoms with Gasteiger partial charge in [-0.25, -0.2) is 0 Å². The van der Waals surface area contributed by atoms with Crippen molar-refractivity contribution in [3.63, 3.8) is 0 Å². The first kappa shape index (κ1) is 21.8. The Morgan fingerprint density at radius 3 is 2.28 bits per heavy atom. The third-order valence-corrected chi connectivity index (χ3v) is 6.23. The molecule has 3 aromatic carbocycles. The number of benzene rings is 3. The van der Waals surface area contributed by atoms with Crippen LogP contribution in [0.25, 0.3) is 5.69 Å². The minimum atomic E-state index is 0.0918. The molecule has 0 radical (unpaired) electrons. The Labute approximate surface area is 193 Å². The third-order valence-electron chi connectivity index (χ3n) is 5.30. The normalized spacial score (nSPS) is 10.8. The maximum absolute atomic E-state index is 13.2. The molecule has 162 valence electrons. The van der Waals surface area contributed by atoms with E-state index in [-0.39, 0.29) is 5.91 Å². The van der Waals surface area contributed by atoms with Gasteiger partial charge in [-0.05, 0) is 36.1 Å². The van der Waals surface area contributed by atoms with Crippen LogP contribution in [-0.2, 0) is 17.8 Å². The largest absolute Gasteiger partial charge is 0.337 e. The highest BCUT2D eigenvalue weighted by Crippen LogP contribution is 2.22. The number of nitrogens with zero attached hydrogens (tertiary/aromatic N) is 4. The first-order chi connectivity index (χ1) is 15.7. The molecule has 0 saturated carbocycles. The van der Waals surface area contributed by atoms with Crippen LogP contribution >= 0.6 is 11.8 Å². The van der Waals surface area contributed by atoms with Crippen molar-refractivity contribution < 1.29 is 4.79 Å². The summed E-state index contributed by atoms with van der Waals surface area (Å²) in [7, 11) is 0. The van der Waals surface area contributed by atoms with E-state index in [2.05, 4.69) is 47.5 Å². The molecule has 0 aliphatic carbocycles. The summed E-state index contributed by atoms with van der Waals surface area (Å²) in [5.41, 5.74) is 4.51. The average molecular weight is 443 g/mol. The van der Waals surface area contributed by atoms with E-state index in [1.807, 2.05) is 64.1 Å². The number of para-hydroxylation sites is 1. The van der Waals surface area contributed by atoms with Gasteiger partial charge in [0.15, 0.2) is 5.16 Å². The molecule has 0 aliphatic heterocycles. The topological polar surface area (TPSA) is 51.0 Å². The van der Waals surface area contributed by atoms with E-state index < -0.39 is 0 Å². The summed E-state index contributed by atoms with van der Waals surface area (Å²) >= 11 is 1.42. The van der Waals surface area contributed by atoms with Gasteiger partial charge in [-0.2, -0.15) is 0 Å². The Hall–Kier alpha value is -3.38. The van der Waals surface area contributed by atoms with E-state index >= 15 is 0 Å². The van der Waals surface area contributed by atoms with Gasteiger partial charge in [0.25, 0.3) is 0 Å². The van der Waals surface area contributed by atoms with Crippen LogP contribution < -0.4 is 0 Å². The van der Waals surface area contributed by atoms with Gasteiger partial charge < -0.3 is 4.90 Å². The molecule has 0 fully saturated rings. The van der Waals surface area contributed by atoms with E-state index in [1.165, 1.54) is 17.3 Å². The second-order valence-electron chi connectivity index (χ2n) is 7.60. The SMILES string of the molecule is Cc1ccccc1-n1cnnc1SCC(=O)N(CCc1ccccc1)Cc1ccccc1. The van der Waals surface area contributed by atoms with Crippen molar-refractivity contribution in [2.24, 2.45) is 0 Å². The Bertz CT molecular complexity index is 1140. The van der Waals surface area contributed by atoms with Crippen LogP contribution in [0.15, 0.2) is 96.4 Å². The minimum Gasteiger partial charge on any atom is -0.337 e. The standard InChI is InChI=1S/C26H26N4OS/c1-21-10-8-9-15-24(21)30-20-27-28-26(30)32-19-25(31)29(18-23-13-6-3-7-14-23)17-16-22-11-4-2-5-12-22/h2-15,20H,16-19H2,1H3. The lowest BCUT2D eigenvalue weighted by Crippen LogP contribution is -2.34. The minimum absolute atomic E-state index is 0.0918. The monoisotopic (exact) mass is 442 g/mol. The van der Waals surface area contributed by atoms with Crippen molar-refractivity contribution in [2.45, 2.75) is 25.0 Å². The van der Waals surface area contributed by atoms with Crippen LogP contribution in [0.1, 0.15) is 16.7 Å². The van der Waals surface area contributed by atoms with Crippen LogP contribution in [0.4, 0.5) is 0 Å². The summed E-state index contributed by atoms with van der Waals surface area (Å²) in [5.74, 6) is 0.403. The van der Waals surface area contributed by atoms with Gasteiger partial charge in [0, 0.05) is 13.1 Å². The molecule has 0 saturated heterocycles. The Balaban J connectivity index is 1.45. The van der Waals surface area contributed by atoms with Crippen LogP contribution in [0.5, 0.6) is 0 Å². The first-order valence-corrected chi connectivity index (χ1v) is 11.6. The molecule has 1 heterocycles. The number of amides is 1. The maximum atomic E-state index is 13.2. The number of carbonyl (C=O) groups excluding carboxylic acids is 1. The van der Waals surface area contributed by atoms with Gasteiger partial charge in [-0.3, -0.25) is 9.36 Å². The molecule has 5 nitrogen and oxygen atoms in total. The molecule has 4 rings (SSSR count). The van der Waals surface area contributed by atoms with E-state index in [0.29, 0.717) is 18.8 Å². The van der Waals surface area contributed by atoms with Crippen LogP contribution in [0.3, 0.4) is 0 Å². The van der Waals surface area contributed by atoms with Gasteiger partial charge in [0.2, 0.25) is 5.91 Å². The first-order valence-electron chi connectivity index (χ1n) is 10.6. The number of aromatic nitrogens is 3. The number of hydrogen-bond donors (Lipinski definition) is 0. The fourth-order valence-electron chi connectivity index (χ4n) is 3.54. The lowest BCUT2D eigenvalue weighted by molar-refractivity contribution is -0.128. The van der Waals surface area contributed by atoms with E-state index in [9.17, 15) is 4.79 Å². The number of carbonyl (C=O) groups is 1. The lowest BCUT2D eigenvalue weighted by atomic mass is 10.1. The highest BCUT2D eigenvalue weighted by Gasteiger charge is 2.17. The van der Waals surface area contributed by atoms with Gasteiger partial charge in [-0.15, -0.1) is 10.2 Å². The molecule has 32 heavy (non-hydrogen) atoms. The summed E-state index contributed by atoms with van der Waals surface area (Å²) in [6.07, 6.45) is 2.52. The summed E-state index contributed by atoms with van der Waals surface area (Å²) < 4.78 is 1.94. The number of aryl methyl sites for hydroxylation is 1. The van der Waals surface area contributed by atoms with Crippen molar-refractivity contribution >= 4 is 17.7 Å². The fraction of sp³-hybridized carbons (Fsp3) is 0.192. The van der Waals surface area contributed by atoms with E-state index in [1.54, 1.807) is 6.33 Å². The average Bonchev–Trinajstić information content (AvgIpc) is 3.30. The predicted octanol–water partition coefficient (Wildman–Crippen LogP) is 4.94. The van der Waals surface area contributed by atoms with Gasteiger partial charge in [0.05, 0.1) is 11.4 Å². The Morgan fingerprint density at radius 2 is 1.56 bits per heavy atom. The van der Waals surface area contributed by atoms with E-state index in [4.69, 9.17) is 0 Å². The van der Waals surface area contributed by atoms with Crippen LogP contribution in [0.2, 0.25) is 0 Å². The molecular weight excluding hydrogens is 416 g/mol. The second kappa shape index (κ2) is 10.8. The Kier molecular flexibility index (Phi) is 7.35. The molecule has 0 aliphatic rings. The van der Waals surface area contributed by atoms with Gasteiger partial charge in [0.1, 0.15) is 6.33 Å². The molecule has 0 bridgehead atoms.